The highest BCUT2D eigenvalue weighted by molar-refractivity contribution is 7.70. The van der Waals surface area contributed by atoms with Crippen LogP contribution in [0.5, 0.6) is 0 Å². The summed E-state index contributed by atoms with van der Waals surface area (Å²) < 4.78 is 22.2. The van der Waals surface area contributed by atoms with Crippen molar-refractivity contribution in [2.75, 3.05) is 6.54 Å². The van der Waals surface area contributed by atoms with Crippen molar-refractivity contribution >= 4 is 10.9 Å². The van der Waals surface area contributed by atoms with E-state index in [9.17, 15) is 8.42 Å². The maximum absolute atomic E-state index is 9.95. The van der Waals surface area contributed by atoms with E-state index in [1.54, 1.807) is 0 Å². The Balaban J connectivity index is 3.27. The Bertz CT molecular complexity index is 125. The largest absolute Gasteiger partial charge is 0.217 e. The van der Waals surface area contributed by atoms with E-state index in [2.05, 4.69) is 4.72 Å². The summed E-state index contributed by atoms with van der Waals surface area (Å²) in [6.45, 7) is 4.60. The van der Waals surface area contributed by atoms with E-state index in [-0.39, 0.29) is 0 Å². The van der Waals surface area contributed by atoms with Crippen molar-refractivity contribution in [3.8, 4) is 0 Å². The Kier molecular flexibility index (Phi) is 4.71. The first-order chi connectivity index (χ1) is 4.16. The smallest absolute Gasteiger partial charge is 0.201 e. The van der Waals surface area contributed by atoms with Crippen LogP contribution in [0.2, 0.25) is 0 Å². The van der Waals surface area contributed by atoms with Gasteiger partial charge in [0.25, 0.3) is 0 Å². The minimum atomic E-state index is -2.39. The third kappa shape index (κ3) is 5.79. The molecule has 0 saturated heterocycles. The summed E-state index contributed by atoms with van der Waals surface area (Å²) in [6.07, 6.45) is 1.01. The first kappa shape index (κ1) is 8.91. The third-order valence-electron chi connectivity index (χ3n) is 1.27. The Hall–Kier alpha value is -0.0900. The molecule has 9 heavy (non-hydrogen) atoms. The van der Waals surface area contributed by atoms with E-state index in [4.69, 9.17) is 0 Å². The molecule has 0 spiro atoms. The molecule has 0 amide bonds. The minimum Gasteiger partial charge on any atom is -0.217 e. The quantitative estimate of drug-likeness (QED) is 0.562. The van der Waals surface area contributed by atoms with Crippen LogP contribution in [-0.4, -0.2) is 15.0 Å². The van der Waals surface area contributed by atoms with Gasteiger partial charge in [0.2, 0.25) is 10.9 Å². The Morgan fingerprint density at radius 2 is 2.11 bits per heavy atom. The molecule has 0 aromatic heterocycles. The molecule has 0 radical (unpaired) electrons. The van der Waals surface area contributed by atoms with Crippen LogP contribution < -0.4 is 4.72 Å². The summed E-state index contributed by atoms with van der Waals surface area (Å²) >= 11 is 0. The van der Waals surface area contributed by atoms with Crippen molar-refractivity contribution in [3.63, 3.8) is 0 Å². The normalized spacial score (nSPS) is 14.1. The van der Waals surface area contributed by atoms with E-state index in [1.807, 2.05) is 13.8 Å². The molecule has 0 bridgehead atoms. The lowest BCUT2D eigenvalue weighted by atomic mass is 10.1. The number of hydrogen-bond acceptors (Lipinski definition) is 2. The van der Waals surface area contributed by atoms with Crippen molar-refractivity contribution < 1.29 is 8.42 Å². The molecule has 0 fully saturated rings. The molecular formula is C5H13NO2S. The summed E-state index contributed by atoms with van der Waals surface area (Å²) in [4.78, 5) is 0. The van der Waals surface area contributed by atoms with Gasteiger partial charge >= 0.3 is 0 Å². The van der Waals surface area contributed by atoms with Gasteiger partial charge in [-0.1, -0.05) is 20.3 Å². The highest BCUT2D eigenvalue weighted by Gasteiger charge is 1.95. The van der Waals surface area contributed by atoms with Gasteiger partial charge in [0, 0.05) is 6.54 Å². The second kappa shape index (κ2) is 4.76. The van der Waals surface area contributed by atoms with Gasteiger partial charge in [-0.15, -0.1) is 0 Å². The third-order valence-corrected chi connectivity index (χ3v) is 1.71. The Morgan fingerprint density at radius 3 is 2.44 bits per heavy atom. The van der Waals surface area contributed by atoms with Crippen LogP contribution in [0.3, 0.4) is 0 Å². The van der Waals surface area contributed by atoms with Crippen molar-refractivity contribution in [1.29, 1.82) is 0 Å². The summed E-state index contributed by atoms with van der Waals surface area (Å²) in [6, 6.07) is 0. The standard InChI is InChI=1S/C5H13NO2S/c1-3-5(2)4-6-9(7)8/h5,9H,3-4H2,1-2H3,(H,6,7,8). The zero-order valence-corrected chi connectivity index (χ0v) is 6.65. The lowest BCUT2D eigenvalue weighted by molar-refractivity contribution is 0.538. The zero-order chi connectivity index (χ0) is 7.28. The molecule has 0 aromatic carbocycles. The molecule has 3 nitrogen and oxygen atoms in total. The van der Waals surface area contributed by atoms with E-state index in [0.717, 1.165) is 6.42 Å². The molecule has 0 aliphatic rings. The highest BCUT2D eigenvalue weighted by atomic mass is 32.2. The second-order valence-corrected chi connectivity index (χ2v) is 2.96. The minimum absolute atomic E-state index is 0.442. The van der Waals surface area contributed by atoms with Gasteiger partial charge in [-0.2, -0.15) is 0 Å². The number of thiol groups is 1. The van der Waals surface area contributed by atoms with Crippen molar-refractivity contribution in [3.05, 3.63) is 0 Å². The lowest BCUT2D eigenvalue weighted by Crippen LogP contribution is -2.18. The molecule has 0 aliphatic carbocycles. The van der Waals surface area contributed by atoms with Crippen molar-refractivity contribution in [2.24, 2.45) is 5.92 Å². The first-order valence-electron chi connectivity index (χ1n) is 3.04. The van der Waals surface area contributed by atoms with Crippen LogP contribution in [0.1, 0.15) is 20.3 Å². The summed E-state index contributed by atoms with van der Waals surface area (Å²) in [5.74, 6) is 0.442. The van der Waals surface area contributed by atoms with E-state index in [1.165, 1.54) is 0 Å². The fourth-order valence-electron chi connectivity index (χ4n) is 0.375. The molecule has 56 valence electrons. The summed E-state index contributed by atoms with van der Waals surface area (Å²) in [5, 5.41) is 0. The maximum atomic E-state index is 9.95. The molecule has 4 heteroatoms. The van der Waals surface area contributed by atoms with Crippen LogP contribution in [0.4, 0.5) is 0 Å². The first-order valence-corrected chi connectivity index (χ1v) is 4.22. The van der Waals surface area contributed by atoms with E-state index >= 15 is 0 Å². The SMILES string of the molecule is CCC(C)CN[SH](=O)=O. The fourth-order valence-corrected chi connectivity index (χ4v) is 0.835. The average Bonchev–Trinajstić information content (AvgIpc) is 1.83. The monoisotopic (exact) mass is 151 g/mol. The molecule has 0 aromatic rings. The molecule has 1 N–H and O–H groups in total. The second-order valence-electron chi connectivity index (χ2n) is 2.13. The lowest BCUT2D eigenvalue weighted by Gasteiger charge is -2.03. The van der Waals surface area contributed by atoms with Gasteiger partial charge in [0.1, 0.15) is 0 Å². The van der Waals surface area contributed by atoms with Crippen molar-refractivity contribution in [1.82, 2.24) is 4.72 Å². The summed E-state index contributed by atoms with van der Waals surface area (Å²) in [7, 11) is -2.39. The number of hydrogen-bond donors (Lipinski definition) is 2. The summed E-state index contributed by atoms with van der Waals surface area (Å²) in [5.41, 5.74) is 0. The van der Waals surface area contributed by atoms with Gasteiger partial charge in [0.05, 0.1) is 0 Å². The molecule has 0 heterocycles. The van der Waals surface area contributed by atoms with Gasteiger partial charge in [0.15, 0.2) is 0 Å². The Morgan fingerprint density at radius 1 is 1.56 bits per heavy atom. The number of rotatable bonds is 4. The van der Waals surface area contributed by atoms with Crippen LogP contribution in [0.15, 0.2) is 0 Å². The molecule has 1 atom stereocenters. The van der Waals surface area contributed by atoms with Gasteiger partial charge < -0.3 is 0 Å². The highest BCUT2D eigenvalue weighted by Crippen LogP contribution is 1.96. The number of nitrogens with one attached hydrogen (secondary N) is 1. The van der Waals surface area contributed by atoms with Crippen LogP contribution in [0.25, 0.3) is 0 Å². The predicted molar refractivity (Wildman–Crippen MR) is 37.8 cm³/mol. The van der Waals surface area contributed by atoms with Gasteiger partial charge in [-0.3, -0.25) is 0 Å². The molecule has 0 aliphatic heterocycles. The molecule has 0 rings (SSSR count). The van der Waals surface area contributed by atoms with E-state index in [0.29, 0.717) is 12.5 Å². The zero-order valence-electron chi connectivity index (χ0n) is 5.76. The average molecular weight is 151 g/mol. The van der Waals surface area contributed by atoms with Crippen LogP contribution in [0, 0.1) is 5.92 Å². The maximum Gasteiger partial charge on any atom is 0.201 e. The molecule has 1 unspecified atom stereocenters. The van der Waals surface area contributed by atoms with Crippen molar-refractivity contribution in [2.45, 2.75) is 20.3 Å². The Labute approximate surface area is 57.5 Å². The molecular weight excluding hydrogens is 138 g/mol. The van der Waals surface area contributed by atoms with Gasteiger partial charge in [-0.05, 0) is 5.92 Å². The van der Waals surface area contributed by atoms with Crippen LogP contribution in [-0.2, 0) is 10.9 Å². The predicted octanol–water partition coefficient (Wildman–Crippen LogP) is 0.149. The van der Waals surface area contributed by atoms with Gasteiger partial charge in [-0.25, -0.2) is 13.1 Å². The fraction of sp³-hybridized carbons (Fsp3) is 1.00. The van der Waals surface area contributed by atoms with Crippen LogP contribution >= 0.6 is 0 Å². The van der Waals surface area contributed by atoms with E-state index < -0.39 is 10.9 Å². The molecule has 0 saturated carbocycles. The topological polar surface area (TPSA) is 46.2 Å².